The number of fused-ring (bicyclic) bond motifs is 3. The summed E-state index contributed by atoms with van der Waals surface area (Å²) in [6.07, 6.45) is 1.51. The molecular formula is C25H22INO. The summed E-state index contributed by atoms with van der Waals surface area (Å²) in [5.41, 5.74) is 5.61. The molecule has 0 unspecified atom stereocenters. The number of hydrogen-bond donors (Lipinski definition) is 1. The van der Waals surface area contributed by atoms with Crippen LogP contribution >= 0.6 is 22.6 Å². The van der Waals surface area contributed by atoms with E-state index in [0.717, 1.165) is 23.4 Å². The molecular weight excluding hydrogens is 457 g/mol. The minimum atomic E-state index is -0.0158. The van der Waals surface area contributed by atoms with E-state index >= 15 is 0 Å². The van der Waals surface area contributed by atoms with E-state index in [4.69, 9.17) is 0 Å². The summed E-state index contributed by atoms with van der Waals surface area (Å²) in [7, 11) is 0. The van der Waals surface area contributed by atoms with Gasteiger partial charge in [-0.15, -0.1) is 0 Å². The van der Waals surface area contributed by atoms with Gasteiger partial charge in [0, 0.05) is 32.9 Å². The third-order valence-corrected chi connectivity index (χ3v) is 6.68. The van der Waals surface area contributed by atoms with Gasteiger partial charge in [0.15, 0.2) is 5.78 Å². The Hall–Kier alpha value is -2.14. The summed E-state index contributed by atoms with van der Waals surface area (Å²) in [6, 6.07) is 21.5. The summed E-state index contributed by atoms with van der Waals surface area (Å²) in [4.78, 5) is 13.3. The maximum Gasteiger partial charge on any atom is 0.162 e. The number of nitrogens with one attached hydrogen (secondary N) is 1. The topological polar surface area (TPSA) is 29.1 Å². The quantitative estimate of drug-likeness (QED) is 0.397. The zero-order valence-corrected chi connectivity index (χ0v) is 18.2. The SMILES string of the molecule is CC1(C)CC(=O)C2=C(C1)Nc1ccc3ccccc3c1[C@@H]2c1ccc(I)cc1. The molecule has 140 valence electrons. The Balaban J connectivity index is 1.81. The number of halogens is 1. The standard InChI is InChI=1S/C25H22INO/c1-25(2)13-20-24(21(28)14-25)22(16-7-10-17(26)11-8-16)23-18-6-4-3-5-15(18)9-12-19(23)27-20/h3-12,22,27H,13-14H2,1-2H3/t22-/m0/s1. The summed E-state index contributed by atoms with van der Waals surface area (Å²) >= 11 is 2.34. The molecule has 0 bridgehead atoms. The van der Waals surface area contributed by atoms with Crippen LogP contribution in [0.15, 0.2) is 71.9 Å². The second kappa shape index (κ2) is 6.45. The molecule has 0 fully saturated rings. The maximum atomic E-state index is 13.3. The predicted octanol–water partition coefficient (Wildman–Crippen LogP) is 6.65. The van der Waals surface area contributed by atoms with Crippen molar-refractivity contribution in [2.45, 2.75) is 32.6 Å². The van der Waals surface area contributed by atoms with Gasteiger partial charge in [0.2, 0.25) is 0 Å². The molecule has 0 saturated carbocycles. The van der Waals surface area contributed by atoms with E-state index in [1.165, 1.54) is 25.5 Å². The normalized spacial score (nSPS) is 20.5. The molecule has 1 atom stereocenters. The molecule has 1 aliphatic heterocycles. The second-order valence-corrected chi connectivity index (χ2v) is 9.94. The molecule has 28 heavy (non-hydrogen) atoms. The summed E-state index contributed by atoms with van der Waals surface area (Å²) in [5.74, 6) is 0.263. The van der Waals surface area contributed by atoms with Gasteiger partial charge in [-0.2, -0.15) is 0 Å². The Bertz CT molecular complexity index is 1140. The average Bonchev–Trinajstić information content (AvgIpc) is 2.66. The van der Waals surface area contributed by atoms with E-state index < -0.39 is 0 Å². The van der Waals surface area contributed by atoms with Crippen molar-refractivity contribution in [1.82, 2.24) is 0 Å². The fraction of sp³-hybridized carbons (Fsp3) is 0.240. The lowest BCUT2D eigenvalue weighted by Gasteiger charge is -2.40. The molecule has 3 aromatic carbocycles. The largest absolute Gasteiger partial charge is 0.358 e. The highest BCUT2D eigenvalue weighted by Gasteiger charge is 2.41. The lowest BCUT2D eigenvalue weighted by atomic mass is 9.68. The summed E-state index contributed by atoms with van der Waals surface area (Å²) in [6.45, 7) is 4.37. The fourth-order valence-electron chi connectivity index (χ4n) is 4.79. The van der Waals surface area contributed by atoms with Crippen LogP contribution in [0.5, 0.6) is 0 Å². The minimum absolute atomic E-state index is 0.00607. The van der Waals surface area contributed by atoms with Crippen LogP contribution in [0.1, 0.15) is 43.7 Å². The van der Waals surface area contributed by atoms with Crippen molar-refractivity contribution in [1.29, 1.82) is 0 Å². The molecule has 2 nitrogen and oxygen atoms in total. The number of ketones is 1. The van der Waals surface area contributed by atoms with Gasteiger partial charge in [-0.05, 0) is 74.5 Å². The highest BCUT2D eigenvalue weighted by molar-refractivity contribution is 14.1. The van der Waals surface area contributed by atoms with Gasteiger partial charge in [0.25, 0.3) is 0 Å². The van der Waals surface area contributed by atoms with Gasteiger partial charge in [-0.1, -0.05) is 56.3 Å². The first-order valence-corrected chi connectivity index (χ1v) is 10.8. The highest BCUT2D eigenvalue weighted by atomic mass is 127. The van der Waals surface area contributed by atoms with Crippen molar-refractivity contribution >= 4 is 44.8 Å². The van der Waals surface area contributed by atoms with Gasteiger partial charge in [0.1, 0.15) is 0 Å². The lowest BCUT2D eigenvalue weighted by molar-refractivity contribution is -0.118. The molecule has 1 N–H and O–H groups in total. The predicted molar refractivity (Wildman–Crippen MR) is 124 cm³/mol. The number of Topliss-reactive ketones (excluding diaryl/α,β-unsaturated/α-hetero) is 1. The Morgan fingerprint density at radius 2 is 1.71 bits per heavy atom. The van der Waals surface area contributed by atoms with Crippen LogP contribution in [-0.4, -0.2) is 5.78 Å². The summed E-state index contributed by atoms with van der Waals surface area (Å²) in [5, 5.41) is 6.08. The number of rotatable bonds is 1. The Labute approximate surface area is 179 Å². The zero-order valence-electron chi connectivity index (χ0n) is 16.1. The fourth-order valence-corrected chi connectivity index (χ4v) is 5.15. The van der Waals surface area contributed by atoms with Crippen LogP contribution in [-0.2, 0) is 4.79 Å². The first kappa shape index (κ1) is 17.9. The highest BCUT2D eigenvalue weighted by Crippen LogP contribution is 2.50. The van der Waals surface area contributed by atoms with E-state index in [9.17, 15) is 4.79 Å². The monoisotopic (exact) mass is 479 g/mol. The number of carbonyl (C=O) groups is 1. The van der Waals surface area contributed by atoms with Crippen molar-refractivity contribution in [3.05, 3.63) is 86.6 Å². The van der Waals surface area contributed by atoms with Crippen molar-refractivity contribution < 1.29 is 4.79 Å². The molecule has 3 heteroatoms. The van der Waals surface area contributed by atoms with Crippen molar-refractivity contribution in [2.24, 2.45) is 5.41 Å². The van der Waals surface area contributed by atoms with Crippen LogP contribution in [0.25, 0.3) is 10.8 Å². The molecule has 3 aromatic rings. The van der Waals surface area contributed by atoms with Crippen molar-refractivity contribution in [3.63, 3.8) is 0 Å². The third kappa shape index (κ3) is 2.87. The van der Waals surface area contributed by atoms with Gasteiger partial charge in [-0.25, -0.2) is 0 Å². The Morgan fingerprint density at radius 1 is 0.964 bits per heavy atom. The first-order valence-electron chi connectivity index (χ1n) is 9.73. The molecule has 0 aromatic heterocycles. The van der Waals surface area contributed by atoms with E-state index in [2.05, 4.69) is 102 Å². The molecule has 1 heterocycles. The molecule has 2 aliphatic rings. The number of carbonyl (C=O) groups excluding carboxylic acids is 1. The minimum Gasteiger partial charge on any atom is -0.358 e. The maximum absolute atomic E-state index is 13.3. The Kier molecular flexibility index (Phi) is 4.13. The van der Waals surface area contributed by atoms with Gasteiger partial charge in [0.05, 0.1) is 0 Å². The van der Waals surface area contributed by atoms with Crippen molar-refractivity contribution in [2.75, 3.05) is 5.32 Å². The zero-order chi connectivity index (χ0) is 19.5. The average molecular weight is 479 g/mol. The number of hydrogen-bond acceptors (Lipinski definition) is 2. The van der Waals surface area contributed by atoms with E-state index in [0.29, 0.717) is 6.42 Å². The van der Waals surface area contributed by atoms with Crippen LogP contribution in [0.2, 0.25) is 0 Å². The van der Waals surface area contributed by atoms with Gasteiger partial charge < -0.3 is 5.32 Å². The van der Waals surface area contributed by atoms with E-state index in [1.807, 2.05) is 0 Å². The first-order chi connectivity index (χ1) is 13.4. The second-order valence-electron chi connectivity index (χ2n) is 8.69. The molecule has 5 rings (SSSR count). The Morgan fingerprint density at radius 3 is 2.50 bits per heavy atom. The number of benzene rings is 3. The van der Waals surface area contributed by atoms with E-state index in [-0.39, 0.29) is 17.1 Å². The molecule has 0 radical (unpaired) electrons. The molecule has 1 aliphatic carbocycles. The molecule has 0 saturated heterocycles. The molecule has 0 amide bonds. The lowest BCUT2D eigenvalue weighted by Crippen LogP contribution is -2.33. The van der Waals surface area contributed by atoms with Crippen LogP contribution in [0, 0.1) is 8.99 Å². The van der Waals surface area contributed by atoms with Crippen molar-refractivity contribution in [3.8, 4) is 0 Å². The van der Waals surface area contributed by atoms with E-state index in [1.54, 1.807) is 0 Å². The molecule has 0 spiro atoms. The van der Waals surface area contributed by atoms with Crippen LogP contribution in [0.3, 0.4) is 0 Å². The van der Waals surface area contributed by atoms with Gasteiger partial charge >= 0.3 is 0 Å². The smallest absolute Gasteiger partial charge is 0.162 e. The number of anilines is 1. The number of allylic oxidation sites excluding steroid dienone is 2. The van der Waals surface area contributed by atoms with Crippen LogP contribution in [0.4, 0.5) is 5.69 Å². The van der Waals surface area contributed by atoms with Crippen LogP contribution < -0.4 is 5.32 Å². The third-order valence-electron chi connectivity index (χ3n) is 5.96. The summed E-state index contributed by atoms with van der Waals surface area (Å²) < 4.78 is 1.21. The van der Waals surface area contributed by atoms with Gasteiger partial charge in [-0.3, -0.25) is 4.79 Å².